The minimum atomic E-state index is -0.824. The van der Waals surface area contributed by atoms with Crippen molar-refractivity contribution in [3.8, 4) is 0 Å². The van der Waals surface area contributed by atoms with Crippen LogP contribution >= 0.6 is 11.6 Å². The number of nitrogens with one attached hydrogen (secondary N) is 2. The Morgan fingerprint density at radius 3 is 2.25 bits per heavy atom. The Morgan fingerprint density at radius 1 is 0.932 bits per heavy atom. The Kier molecular flexibility index (Phi) is 12.5. The lowest BCUT2D eigenvalue weighted by Crippen LogP contribution is -3.00. The first kappa shape index (κ1) is 35.2. The van der Waals surface area contributed by atoms with Crippen molar-refractivity contribution in [3.05, 3.63) is 100 Å². The number of carbonyl (C=O) groups is 4. The number of hydrogen-bond acceptors (Lipinski definition) is 4. The molecule has 1 aliphatic rings. The number of quaternary nitrogens is 1. The molecule has 234 valence electrons. The first-order valence-electron chi connectivity index (χ1n) is 14.5. The first-order chi connectivity index (χ1) is 20.4. The van der Waals surface area contributed by atoms with Crippen LogP contribution in [-0.4, -0.2) is 72.7 Å². The number of Topliss-reactive ketones (excluding diaryl/α,β-unsaturated/α-hetero) is 1. The molecule has 44 heavy (non-hydrogen) atoms. The van der Waals surface area contributed by atoms with Gasteiger partial charge in [-0.15, -0.1) is 0 Å². The second-order valence-corrected chi connectivity index (χ2v) is 12.5. The molecule has 3 amide bonds. The summed E-state index contributed by atoms with van der Waals surface area (Å²) in [5.74, 6) is -1.14. The van der Waals surface area contributed by atoms with E-state index in [1.807, 2.05) is 58.4 Å². The van der Waals surface area contributed by atoms with Gasteiger partial charge in [-0.2, -0.15) is 0 Å². The van der Waals surface area contributed by atoms with Gasteiger partial charge < -0.3 is 44.0 Å². The first-order valence-corrected chi connectivity index (χ1v) is 14.9. The number of hydrogen-bond donors (Lipinski definition) is 2. The molecule has 0 radical (unpaired) electrons. The molecule has 0 fully saturated rings. The van der Waals surface area contributed by atoms with Crippen molar-refractivity contribution in [2.24, 2.45) is 0 Å². The van der Waals surface area contributed by atoms with E-state index >= 15 is 0 Å². The molecule has 1 heterocycles. The maximum atomic E-state index is 13.9. The third kappa shape index (κ3) is 9.61. The van der Waals surface area contributed by atoms with E-state index < -0.39 is 18.0 Å². The van der Waals surface area contributed by atoms with E-state index in [1.54, 1.807) is 47.4 Å². The van der Waals surface area contributed by atoms with Gasteiger partial charge in [-0.1, -0.05) is 66.2 Å². The van der Waals surface area contributed by atoms with E-state index in [0.29, 0.717) is 40.1 Å². The zero-order chi connectivity index (χ0) is 31.1. The Morgan fingerprint density at radius 2 is 1.59 bits per heavy atom. The van der Waals surface area contributed by atoms with Gasteiger partial charge in [-0.3, -0.25) is 19.2 Å². The predicted octanol–water partition coefficient (Wildman–Crippen LogP) is 1.79. The maximum absolute atomic E-state index is 13.9. The van der Waals surface area contributed by atoms with Crippen molar-refractivity contribution in [3.63, 3.8) is 0 Å². The number of ketones is 1. The lowest BCUT2D eigenvalue weighted by molar-refractivity contribution is -0.870. The molecule has 3 aromatic carbocycles. The van der Waals surface area contributed by atoms with Crippen LogP contribution in [0.3, 0.4) is 0 Å². The van der Waals surface area contributed by atoms with Gasteiger partial charge in [-0.05, 0) is 41.8 Å². The van der Waals surface area contributed by atoms with Crippen LogP contribution in [-0.2, 0) is 27.3 Å². The Balaban J connectivity index is 0.00000529. The summed E-state index contributed by atoms with van der Waals surface area (Å²) < 4.78 is 0.608. The fourth-order valence-electron chi connectivity index (χ4n) is 5.16. The minimum Gasteiger partial charge on any atom is -1.00 e. The predicted molar refractivity (Wildman–Crippen MR) is 169 cm³/mol. The summed E-state index contributed by atoms with van der Waals surface area (Å²) in [4.78, 5) is 55.2. The van der Waals surface area contributed by atoms with Crippen molar-refractivity contribution in [2.45, 2.75) is 51.2 Å². The van der Waals surface area contributed by atoms with Crippen molar-refractivity contribution in [2.75, 3.05) is 33.0 Å². The van der Waals surface area contributed by atoms with Gasteiger partial charge in [0.1, 0.15) is 12.1 Å². The molecule has 0 aromatic heterocycles. The summed E-state index contributed by atoms with van der Waals surface area (Å²) in [6, 6.07) is 20.2. The summed E-state index contributed by atoms with van der Waals surface area (Å²) in [7, 11) is 6.07. The fraction of sp³-hybridized carbons (Fsp3) is 0.353. The maximum Gasteiger partial charge on any atom is 0.247 e. The van der Waals surface area contributed by atoms with Gasteiger partial charge in [-0.25, -0.2) is 0 Å². The van der Waals surface area contributed by atoms with Crippen LogP contribution in [0.25, 0.3) is 0 Å². The highest BCUT2D eigenvalue weighted by Gasteiger charge is 2.36. The van der Waals surface area contributed by atoms with Crippen LogP contribution in [0.1, 0.15) is 46.3 Å². The number of amides is 3. The number of carbonyl (C=O) groups excluding carboxylic acids is 4. The second-order valence-electron chi connectivity index (χ2n) is 12.1. The Bertz CT molecular complexity index is 1490. The molecular formula is C34H40ClIN4O4. The third-order valence-electron chi connectivity index (χ3n) is 7.68. The number of aryl methyl sites for hydroxylation is 1. The molecule has 8 nitrogen and oxygen atoms in total. The number of rotatable bonds is 11. The number of halogens is 2. The monoisotopic (exact) mass is 730 g/mol. The second kappa shape index (κ2) is 15.6. The number of anilines is 1. The number of fused-ring (bicyclic) bond motifs is 1. The molecular weight excluding hydrogens is 691 g/mol. The smallest absolute Gasteiger partial charge is 0.247 e. The molecule has 2 atom stereocenters. The van der Waals surface area contributed by atoms with Crippen LogP contribution in [0.15, 0.2) is 72.8 Å². The molecule has 10 heteroatoms. The molecule has 0 saturated heterocycles. The van der Waals surface area contributed by atoms with Crippen LogP contribution < -0.4 is 34.6 Å². The van der Waals surface area contributed by atoms with Gasteiger partial charge in [0.25, 0.3) is 0 Å². The van der Waals surface area contributed by atoms with Crippen LogP contribution in [0.4, 0.5) is 5.69 Å². The summed E-state index contributed by atoms with van der Waals surface area (Å²) in [5.41, 5.74) is 3.91. The summed E-state index contributed by atoms with van der Waals surface area (Å²) >= 11 is 6.16. The molecule has 1 aliphatic heterocycles. The summed E-state index contributed by atoms with van der Waals surface area (Å²) in [6.45, 7) is 2.75. The lowest BCUT2D eigenvalue weighted by atomic mass is 9.92. The Hall–Kier alpha value is -3.28. The van der Waals surface area contributed by atoms with Crippen molar-refractivity contribution < 1.29 is 47.6 Å². The normalized spacial score (nSPS) is 14.9. The van der Waals surface area contributed by atoms with Crippen LogP contribution in [0.2, 0.25) is 5.02 Å². The van der Waals surface area contributed by atoms with E-state index in [-0.39, 0.29) is 61.0 Å². The summed E-state index contributed by atoms with van der Waals surface area (Å²) in [6.07, 6.45) is 0.752. The van der Waals surface area contributed by atoms with Crippen LogP contribution in [0, 0.1) is 6.92 Å². The van der Waals surface area contributed by atoms with E-state index in [0.717, 1.165) is 16.7 Å². The molecule has 3 aromatic rings. The summed E-state index contributed by atoms with van der Waals surface area (Å²) in [5, 5.41) is 6.48. The van der Waals surface area contributed by atoms with Crippen molar-refractivity contribution >= 4 is 40.8 Å². The quantitative estimate of drug-likeness (QED) is 0.179. The van der Waals surface area contributed by atoms with E-state index in [9.17, 15) is 19.2 Å². The highest BCUT2D eigenvalue weighted by atomic mass is 127. The van der Waals surface area contributed by atoms with Gasteiger partial charge in [0.05, 0.1) is 27.7 Å². The van der Waals surface area contributed by atoms with E-state index in [1.165, 1.54) is 0 Å². The topological polar surface area (TPSA) is 95.6 Å². The largest absolute Gasteiger partial charge is 1.00 e. The average molecular weight is 731 g/mol. The zero-order valence-electron chi connectivity index (χ0n) is 25.6. The Labute approximate surface area is 281 Å². The van der Waals surface area contributed by atoms with E-state index in [4.69, 9.17) is 11.6 Å². The van der Waals surface area contributed by atoms with Gasteiger partial charge in [0.2, 0.25) is 17.7 Å². The third-order valence-corrected chi connectivity index (χ3v) is 8.10. The van der Waals surface area contributed by atoms with Crippen LogP contribution in [0.5, 0.6) is 0 Å². The highest BCUT2D eigenvalue weighted by molar-refractivity contribution is 6.31. The van der Waals surface area contributed by atoms with Gasteiger partial charge in [0.15, 0.2) is 5.78 Å². The number of nitrogens with zero attached hydrogens (tertiary/aromatic N) is 2. The lowest BCUT2D eigenvalue weighted by Gasteiger charge is -2.37. The molecule has 4 rings (SSSR count). The van der Waals surface area contributed by atoms with E-state index in [2.05, 4.69) is 10.6 Å². The number of benzene rings is 3. The molecule has 0 bridgehead atoms. The minimum absolute atomic E-state index is 0. The standard InChI is InChI=1S/C34H39ClN4O4.HI/c1-23-20-27(14-15-28(23)35)36-33(42)29(18-19-39(2,3)4)37-34(43)30-21-25-12-8-9-13-26(25)22-38(30)32(41)17-16-31(40)24-10-6-5-7-11-24;/h5-15,20,29-30H,16-19,21-22H2,1-4H3,(H-,36,37,42,43);1H/t29-,30-;/m0./s1. The molecule has 0 unspecified atom stereocenters. The molecule has 0 aliphatic carbocycles. The highest BCUT2D eigenvalue weighted by Crippen LogP contribution is 2.25. The van der Waals surface area contributed by atoms with Crippen molar-refractivity contribution in [1.29, 1.82) is 0 Å². The fourth-order valence-corrected chi connectivity index (χ4v) is 5.27. The SMILES string of the molecule is Cc1cc(NC(=O)[C@H](CC[N+](C)(C)C)NC(=O)[C@@H]2Cc3ccccc3CN2C(=O)CCC(=O)c2ccccc2)ccc1Cl.[I-]. The van der Waals surface area contributed by atoms with Crippen molar-refractivity contribution in [1.82, 2.24) is 10.2 Å². The molecule has 0 saturated carbocycles. The average Bonchev–Trinajstić information content (AvgIpc) is 2.98. The molecule has 2 N–H and O–H groups in total. The van der Waals surface area contributed by atoms with Gasteiger partial charge in [0, 0.05) is 48.5 Å². The molecule has 0 spiro atoms. The van der Waals surface area contributed by atoms with Gasteiger partial charge >= 0.3 is 0 Å². The zero-order valence-corrected chi connectivity index (χ0v) is 28.5.